The summed E-state index contributed by atoms with van der Waals surface area (Å²) in [6, 6.07) is 14.0. The van der Waals surface area contributed by atoms with Crippen molar-refractivity contribution in [1.29, 1.82) is 0 Å². The molecule has 4 heteroatoms. The minimum atomic E-state index is 0.0626. The molecule has 0 saturated heterocycles. The number of hydrogen-bond acceptors (Lipinski definition) is 2. The molecule has 1 fully saturated rings. The van der Waals surface area contributed by atoms with E-state index in [0.29, 0.717) is 6.04 Å². The minimum absolute atomic E-state index is 0.0626. The Balaban J connectivity index is 1.85. The maximum Gasteiger partial charge on any atom is 0.292 e. The maximum atomic E-state index is 5.21. The van der Waals surface area contributed by atoms with Gasteiger partial charge in [0.15, 0.2) is 11.0 Å². The Morgan fingerprint density at radius 2 is 1.77 bits per heavy atom. The van der Waals surface area contributed by atoms with Crippen LogP contribution in [0.2, 0.25) is 0 Å². The van der Waals surface area contributed by atoms with E-state index in [-0.39, 0.29) is 5.41 Å². The number of fused-ring (bicyclic) bond motifs is 2. The van der Waals surface area contributed by atoms with Gasteiger partial charge >= 0.3 is 0 Å². The van der Waals surface area contributed by atoms with Crippen LogP contribution in [0.3, 0.4) is 0 Å². The lowest BCUT2D eigenvalue weighted by atomic mass is 9.94. The summed E-state index contributed by atoms with van der Waals surface area (Å²) in [5.74, 6) is 1.32. The molecule has 3 nitrogen and oxygen atoms in total. The van der Waals surface area contributed by atoms with Crippen LogP contribution >= 0.6 is 11.3 Å². The largest absolute Gasteiger partial charge is 0.292 e. The van der Waals surface area contributed by atoms with Crippen molar-refractivity contribution in [2.45, 2.75) is 71.3 Å². The Morgan fingerprint density at radius 3 is 2.50 bits per heavy atom. The highest BCUT2D eigenvalue weighted by Crippen LogP contribution is 2.40. The molecule has 0 bridgehead atoms. The van der Waals surface area contributed by atoms with Crippen molar-refractivity contribution in [3.63, 3.8) is 0 Å². The second kappa shape index (κ2) is 7.19. The molecule has 5 rings (SSSR count). The normalized spacial score (nSPS) is 16.0. The first kappa shape index (κ1) is 19.7. The first-order chi connectivity index (χ1) is 14.4. The summed E-state index contributed by atoms with van der Waals surface area (Å²) in [6.45, 7) is 9.02. The van der Waals surface area contributed by atoms with Gasteiger partial charge in [0.05, 0.1) is 27.8 Å². The molecule has 0 atom stereocenters. The summed E-state index contributed by atoms with van der Waals surface area (Å²) in [5, 5.41) is 1.22. The van der Waals surface area contributed by atoms with Crippen LogP contribution in [0.5, 0.6) is 0 Å². The van der Waals surface area contributed by atoms with Gasteiger partial charge in [-0.15, -0.1) is 11.3 Å². The summed E-state index contributed by atoms with van der Waals surface area (Å²) in [7, 11) is 2.23. The predicted octanol–water partition coefficient (Wildman–Crippen LogP) is 6.85. The van der Waals surface area contributed by atoms with Crippen LogP contribution in [0.4, 0.5) is 0 Å². The fourth-order valence-electron chi connectivity index (χ4n) is 5.04. The summed E-state index contributed by atoms with van der Waals surface area (Å²) in [5.41, 5.74) is 6.51. The third kappa shape index (κ3) is 3.08. The molecule has 2 aromatic heterocycles. The molecular weight excluding hydrogens is 386 g/mol. The molecule has 1 saturated carbocycles. The first-order valence-corrected chi connectivity index (χ1v) is 12.1. The first-order valence-electron chi connectivity index (χ1n) is 11.3. The van der Waals surface area contributed by atoms with E-state index >= 15 is 0 Å². The SMILES string of the molecule is Cc1ccc2sc(C(C)(C)C)nc2c1-c1n(C2CCCCC2)c2ccccc2[n+]1C. The molecule has 0 N–H and O–H groups in total. The minimum Gasteiger partial charge on any atom is -0.240 e. The van der Waals surface area contributed by atoms with Crippen LogP contribution in [0.25, 0.3) is 32.6 Å². The topological polar surface area (TPSA) is 21.7 Å². The van der Waals surface area contributed by atoms with Gasteiger partial charge in [-0.2, -0.15) is 0 Å². The van der Waals surface area contributed by atoms with Crippen molar-refractivity contribution >= 4 is 32.6 Å². The van der Waals surface area contributed by atoms with E-state index in [1.807, 2.05) is 11.3 Å². The number of rotatable bonds is 2. The lowest BCUT2D eigenvalue weighted by Gasteiger charge is -2.21. The van der Waals surface area contributed by atoms with Gasteiger partial charge in [0.25, 0.3) is 5.82 Å². The van der Waals surface area contributed by atoms with Crippen LogP contribution in [0, 0.1) is 6.92 Å². The molecular formula is C26H32N3S+. The molecule has 0 unspecified atom stereocenters. The van der Waals surface area contributed by atoms with Crippen LogP contribution in [-0.4, -0.2) is 9.55 Å². The number of para-hydroxylation sites is 2. The zero-order chi connectivity index (χ0) is 21.0. The van der Waals surface area contributed by atoms with Gasteiger partial charge in [-0.1, -0.05) is 45.4 Å². The predicted molar refractivity (Wildman–Crippen MR) is 127 cm³/mol. The number of thiazole rings is 1. The number of hydrogen-bond donors (Lipinski definition) is 0. The summed E-state index contributed by atoms with van der Waals surface area (Å²) in [6.07, 6.45) is 6.56. The molecule has 2 aromatic carbocycles. The summed E-state index contributed by atoms with van der Waals surface area (Å²) in [4.78, 5) is 5.21. The lowest BCUT2D eigenvalue weighted by Crippen LogP contribution is -2.31. The van der Waals surface area contributed by atoms with Crippen molar-refractivity contribution in [2.75, 3.05) is 0 Å². The molecule has 1 aliphatic rings. The average molecular weight is 419 g/mol. The van der Waals surface area contributed by atoms with Gasteiger partial charge in [-0.3, -0.25) is 0 Å². The number of imidazole rings is 1. The van der Waals surface area contributed by atoms with E-state index in [2.05, 4.69) is 80.3 Å². The van der Waals surface area contributed by atoms with Gasteiger partial charge in [0.1, 0.15) is 6.04 Å². The average Bonchev–Trinajstić information content (AvgIpc) is 3.29. The maximum absolute atomic E-state index is 5.21. The molecule has 4 aromatic rings. The van der Waals surface area contributed by atoms with Gasteiger partial charge < -0.3 is 0 Å². The van der Waals surface area contributed by atoms with E-state index in [0.717, 1.165) is 0 Å². The molecule has 0 amide bonds. The van der Waals surface area contributed by atoms with Gasteiger partial charge in [-0.05, 0) is 56.4 Å². The van der Waals surface area contributed by atoms with Crippen LogP contribution in [0.1, 0.15) is 69.5 Å². The number of aryl methyl sites for hydroxylation is 2. The molecule has 1 aliphatic carbocycles. The number of nitrogens with zero attached hydrogens (tertiary/aromatic N) is 3. The molecule has 0 aliphatic heterocycles. The van der Waals surface area contributed by atoms with E-state index in [9.17, 15) is 0 Å². The highest BCUT2D eigenvalue weighted by molar-refractivity contribution is 7.18. The Morgan fingerprint density at radius 1 is 1.03 bits per heavy atom. The third-order valence-corrected chi connectivity index (χ3v) is 8.07. The van der Waals surface area contributed by atoms with Crippen molar-refractivity contribution in [1.82, 2.24) is 9.55 Å². The second-order valence-corrected chi connectivity index (χ2v) is 10.9. The molecule has 2 heterocycles. The lowest BCUT2D eigenvalue weighted by molar-refractivity contribution is -0.634. The van der Waals surface area contributed by atoms with Crippen molar-refractivity contribution in [3.8, 4) is 11.4 Å². The number of benzene rings is 2. The zero-order valence-corrected chi connectivity index (χ0v) is 19.6. The Hall–Kier alpha value is -2.20. The van der Waals surface area contributed by atoms with E-state index in [1.165, 1.54) is 75.3 Å². The third-order valence-electron chi connectivity index (χ3n) is 6.62. The second-order valence-electron chi connectivity index (χ2n) is 9.91. The van der Waals surface area contributed by atoms with Crippen LogP contribution in [0.15, 0.2) is 36.4 Å². The fourth-order valence-corrected chi connectivity index (χ4v) is 6.07. The quantitative estimate of drug-likeness (QED) is 0.326. The van der Waals surface area contributed by atoms with Crippen molar-refractivity contribution in [3.05, 3.63) is 47.0 Å². The fraction of sp³-hybridized carbons (Fsp3) is 0.462. The van der Waals surface area contributed by atoms with Gasteiger partial charge in [-0.25, -0.2) is 14.1 Å². The van der Waals surface area contributed by atoms with Gasteiger partial charge in [0, 0.05) is 5.41 Å². The summed E-state index contributed by atoms with van der Waals surface area (Å²) >= 11 is 1.85. The van der Waals surface area contributed by atoms with E-state index in [1.54, 1.807) is 0 Å². The monoisotopic (exact) mass is 418 g/mol. The van der Waals surface area contributed by atoms with Crippen molar-refractivity contribution < 1.29 is 4.57 Å². The standard InChI is InChI=1S/C26H32N3S/c1-17-15-16-21-23(27-25(30-21)26(2,3)4)22(17)24-28(5)19-13-9-10-14-20(19)29(24)18-11-7-6-8-12-18/h9-10,13-16,18H,6-8,11-12H2,1-5H3/q+1. The molecule has 0 radical (unpaired) electrons. The number of aromatic nitrogens is 3. The highest BCUT2D eigenvalue weighted by Gasteiger charge is 2.33. The molecule has 30 heavy (non-hydrogen) atoms. The van der Waals surface area contributed by atoms with E-state index in [4.69, 9.17) is 4.98 Å². The highest BCUT2D eigenvalue weighted by atomic mass is 32.1. The Labute approximate surface area is 183 Å². The van der Waals surface area contributed by atoms with Crippen LogP contribution < -0.4 is 4.57 Å². The Kier molecular flexibility index (Phi) is 4.73. The Bertz CT molecular complexity index is 1230. The molecule has 156 valence electrons. The smallest absolute Gasteiger partial charge is 0.240 e. The van der Waals surface area contributed by atoms with E-state index < -0.39 is 0 Å². The van der Waals surface area contributed by atoms with Crippen LogP contribution in [-0.2, 0) is 12.5 Å². The van der Waals surface area contributed by atoms with Crippen molar-refractivity contribution in [2.24, 2.45) is 7.05 Å². The summed E-state index contributed by atoms with van der Waals surface area (Å²) < 4.78 is 6.34. The van der Waals surface area contributed by atoms with Gasteiger partial charge in [0.2, 0.25) is 0 Å². The molecule has 0 spiro atoms. The zero-order valence-electron chi connectivity index (χ0n) is 18.8.